The average Bonchev–Trinajstić information content (AvgIpc) is 2.70. The summed E-state index contributed by atoms with van der Waals surface area (Å²) in [4.78, 5) is 10.6. The highest BCUT2D eigenvalue weighted by Gasteiger charge is 2.24. The van der Waals surface area contributed by atoms with Gasteiger partial charge in [-0.05, 0) is 31.9 Å². The van der Waals surface area contributed by atoms with E-state index in [9.17, 15) is 10.1 Å². The Morgan fingerprint density at radius 2 is 2.33 bits per heavy atom. The van der Waals surface area contributed by atoms with Crippen LogP contribution in [0.1, 0.15) is 30.0 Å². The number of nitro benzene ring substituents is 1. The molecule has 4 heteroatoms. The van der Waals surface area contributed by atoms with Gasteiger partial charge < -0.3 is 5.32 Å². The highest BCUT2D eigenvalue weighted by molar-refractivity contribution is 5.45. The molecular weight excluding hydrogens is 192 g/mol. The van der Waals surface area contributed by atoms with Crippen LogP contribution in [0.5, 0.6) is 0 Å². The molecule has 2 rings (SSSR count). The topological polar surface area (TPSA) is 55.2 Å². The van der Waals surface area contributed by atoms with Gasteiger partial charge in [-0.3, -0.25) is 10.1 Å². The molecule has 1 fully saturated rings. The molecule has 0 bridgehead atoms. The van der Waals surface area contributed by atoms with Gasteiger partial charge in [0, 0.05) is 17.7 Å². The third-order valence-corrected chi connectivity index (χ3v) is 2.82. The van der Waals surface area contributed by atoms with Gasteiger partial charge in [-0.15, -0.1) is 0 Å². The van der Waals surface area contributed by atoms with Gasteiger partial charge in [-0.1, -0.05) is 12.1 Å². The van der Waals surface area contributed by atoms with E-state index in [0.29, 0.717) is 0 Å². The van der Waals surface area contributed by atoms with E-state index in [1.807, 2.05) is 19.1 Å². The van der Waals surface area contributed by atoms with Crippen molar-refractivity contribution in [3.63, 3.8) is 0 Å². The Balaban J connectivity index is 2.40. The van der Waals surface area contributed by atoms with Crippen molar-refractivity contribution >= 4 is 5.69 Å². The Labute approximate surface area is 88.5 Å². The molecule has 1 aromatic carbocycles. The maximum Gasteiger partial charge on any atom is 0.274 e. The Hall–Kier alpha value is -1.42. The van der Waals surface area contributed by atoms with Crippen LogP contribution in [0.2, 0.25) is 0 Å². The average molecular weight is 206 g/mol. The van der Waals surface area contributed by atoms with Crippen LogP contribution in [-0.2, 0) is 0 Å². The van der Waals surface area contributed by atoms with Crippen LogP contribution < -0.4 is 5.32 Å². The lowest BCUT2D eigenvalue weighted by molar-refractivity contribution is -0.385. The number of aryl methyl sites for hydroxylation is 1. The lowest BCUT2D eigenvalue weighted by Crippen LogP contribution is -2.14. The number of hydrogen-bond donors (Lipinski definition) is 1. The molecule has 0 unspecified atom stereocenters. The van der Waals surface area contributed by atoms with Crippen LogP contribution in [0.3, 0.4) is 0 Å². The first-order valence-corrected chi connectivity index (χ1v) is 5.17. The standard InChI is InChI=1S/C11H14N2O2/c1-8-4-5-9(10-3-2-6-12-10)11(7-8)13(14)15/h4-5,7,10,12H,2-3,6H2,1H3/t10-/m0/s1. The van der Waals surface area contributed by atoms with Crippen LogP contribution in [0, 0.1) is 17.0 Å². The second-order valence-electron chi connectivity index (χ2n) is 3.97. The molecule has 0 spiro atoms. The zero-order valence-corrected chi connectivity index (χ0v) is 8.69. The Kier molecular flexibility index (Phi) is 2.68. The third kappa shape index (κ3) is 1.99. The minimum absolute atomic E-state index is 0.158. The van der Waals surface area contributed by atoms with Crippen molar-refractivity contribution in [2.24, 2.45) is 0 Å². The molecule has 0 saturated carbocycles. The number of hydrogen-bond acceptors (Lipinski definition) is 3. The molecule has 1 atom stereocenters. The summed E-state index contributed by atoms with van der Waals surface area (Å²) in [5, 5.41) is 14.2. The fraction of sp³-hybridized carbons (Fsp3) is 0.455. The van der Waals surface area contributed by atoms with Crippen LogP contribution in [0.25, 0.3) is 0 Å². The molecule has 1 aromatic rings. The van der Waals surface area contributed by atoms with E-state index in [4.69, 9.17) is 0 Å². The minimum Gasteiger partial charge on any atom is -0.310 e. The summed E-state index contributed by atoms with van der Waals surface area (Å²) < 4.78 is 0. The SMILES string of the molecule is Cc1ccc([C@@H]2CCCN2)c([N+](=O)[O-])c1. The van der Waals surface area contributed by atoms with Crippen LogP contribution >= 0.6 is 0 Å². The van der Waals surface area contributed by atoms with Crippen molar-refractivity contribution in [3.05, 3.63) is 39.4 Å². The van der Waals surface area contributed by atoms with Crippen molar-refractivity contribution in [1.82, 2.24) is 5.32 Å². The predicted molar refractivity (Wildman–Crippen MR) is 57.8 cm³/mol. The van der Waals surface area contributed by atoms with Gasteiger partial charge in [0.2, 0.25) is 0 Å². The fourth-order valence-electron chi connectivity index (χ4n) is 2.06. The van der Waals surface area contributed by atoms with E-state index in [0.717, 1.165) is 30.5 Å². The number of benzene rings is 1. The molecule has 1 saturated heterocycles. The van der Waals surface area contributed by atoms with Gasteiger partial charge in [0.25, 0.3) is 5.69 Å². The maximum absolute atomic E-state index is 10.9. The molecule has 80 valence electrons. The summed E-state index contributed by atoms with van der Waals surface area (Å²) in [6, 6.07) is 5.61. The molecule has 0 aliphatic carbocycles. The Bertz CT molecular complexity index is 384. The van der Waals surface area contributed by atoms with Gasteiger partial charge >= 0.3 is 0 Å². The van der Waals surface area contributed by atoms with E-state index in [1.165, 1.54) is 0 Å². The Morgan fingerprint density at radius 1 is 1.53 bits per heavy atom. The highest BCUT2D eigenvalue weighted by atomic mass is 16.6. The van der Waals surface area contributed by atoms with E-state index in [1.54, 1.807) is 6.07 Å². The summed E-state index contributed by atoms with van der Waals surface area (Å²) in [7, 11) is 0. The molecule has 15 heavy (non-hydrogen) atoms. The fourth-order valence-corrected chi connectivity index (χ4v) is 2.06. The van der Waals surface area contributed by atoms with Gasteiger partial charge in [-0.25, -0.2) is 0 Å². The van der Waals surface area contributed by atoms with Crippen molar-refractivity contribution in [3.8, 4) is 0 Å². The normalized spacial score (nSPS) is 20.5. The zero-order chi connectivity index (χ0) is 10.8. The number of nitro groups is 1. The summed E-state index contributed by atoms with van der Waals surface area (Å²) in [6.07, 6.45) is 2.08. The van der Waals surface area contributed by atoms with Crippen molar-refractivity contribution in [2.75, 3.05) is 6.54 Å². The van der Waals surface area contributed by atoms with Gasteiger partial charge in [0.05, 0.1) is 4.92 Å². The molecule has 1 aliphatic heterocycles. The number of rotatable bonds is 2. The van der Waals surface area contributed by atoms with Gasteiger partial charge in [0.15, 0.2) is 0 Å². The monoisotopic (exact) mass is 206 g/mol. The van der Waals surface area contributed by atoms with E-state index in [-0.39, 0.29) is 16.7 Å². The lowest BCUT2D eigenvalue weighted by Gasteiger charge is -2.11. The first kappa shape index (κ1) is 10.1. The van der Waals surface area contributed by atoms with E-state index < -0.39 is 0 Å². The summed E-state index contributed by atoms with van der Waals surface area (Å²) in [5.74, 6) is 0. The van der Waals surface area contributed by atoms with Crippen LogP contribution in [-0.4, -0.2) is 11.5 Å². The number of nitrogens with zero attached hydrogens (tertiary/aromatic N) is 1. The van der Waals surface area contributed by atoms with Gasteiger partial charge in [-0.2, -0.15) is 0 Å². The maximum atomic E-state index is 10.9. The highest BCUT2D eigenvalue weighted by Crippen LogP contribution is 2.31. The van der Waals surface area contributed by atoms with Crippen molar-refractivity contribution in [1.29, 1.82) is 0 Å². The van der Waals surface area contributed by atoms with Crippen LogP contribution in [0.15, 0.2) is 18.2 Å². The molecule has 0 aromatic heterocycles. The quantitative estimate of drug-likeness (QED) is 0.596. The molecular formula is C11H14N2O2. The smallest absolute Gasteiger partial charge is 0.274 e. The van der Waals surface area contributed by atoms with E-state index >= 15 is 0 Å². The Morgan fingerprint density at radius 3 is 2.93 bits per heavy atom. The molecule has 0 amide bonds. The second kappa shape index (κ2) is 3.98. The summed E-state index contributed by atoms with van der Waals surface area (Å²) in [5.41, 5.74) is 2.00. The lowest BCUT2D eigenvalue weighted by atomic mass is 10.0. The number of nitrogens with one attached hydrogen (secondary N) is 1. The first-order valence-electron chi connectivity index (χ1n) is 5.17. The molecule has 1 aliphatic rings. The van der Waals surface area contributed by atoms with Crippen molar-refractivity contribution < 1.29 is 4.92 Å². The predicted octanol–water partition coefficient (Wildman–Crippen LogP) is 2.33. The molecule has 4 nitrogen and oxygen atoms in total. The summed E-state index contributed by atoms with van der Waals surface area (Å²) in [6.45, 7) is 2.83. The van der Waals surface area contributed by atoms with E-state index in [2.05, 4.69) is 5.32 Å². The zero-order valence-electron chi connectivity index (χ0n) is 8.69. The molecule has 1 N–H and O–H groups in total. The minimum atomic E-state index is -0.289. The third-order valence-electron chi connectivity index (χ3n) is 2.82. The van der Waals surface area contributed by atoms with Gasteiger partial charge in [0.1, 0.15) is 0 Å². The van der Waals surface area contributed by atoms with Crippen molar-refractivity contribution in [2.45, 2.75) is 25.8 Å². The largest absolute Gasteiger partial charge is 0.310 e. The molecule has 0 radical (unpaired) electrons. The summed E-state index contributed by atoms with van der Waals surface area (Å²) >= 11 is 0. The van der Waals surface area contributed by atoms with Crippen LogP contribution in [0.4, 0.5) is 5.69 Å². The molecule has 1 heterocycles. The first-order chi connectivity index (χ1) is 7.18. The second-order valence-corrected chi connectivity index (χ2v) is 3.97.